The first-order valence-electron chi connectivity index (χ1n) is 5.93. The van der Waals surface area contributed by atoms with Crippen molar-refractivity contribution in [3.8, 4) is 0 Å². The van der Waals surface area contributed by atoms with Gasteiger partial charge in [0.2, 0.25) is 5.91 Å². The molecule has 1 saturated heterocycles. The number of nitrogens with two attached hydrogens (primary N) is 2. The van der Waals surface area contributed by atoms with Gasteiger partial charge in [-0.1, -0.05) is 0 Å². The second kappa shape index (κ2) is 6.18. The van der Waals surface area contributed by atoms with E-state index in [1.54, 1.807) is 0 Å². The molecule has 0 spiro atoms. The number of nitrogens with zero attached hydrogens (tertiary/aromatic N) is 2. The molecule has 0 aromatic carbocycles. The van der Waals surface area contributed by atoms with Crippen molar-refractivity contribution in [2.45, 2.75) is 31.3 Å². The maximum atomic E-state index is 10.9. The highest BCUT2D eigenvalue weighted by Crippen LogP contribution is 2.16. The van der Waals surface area contributed by atoms with Crippen LogP contribution in [-0.2, 0) is 4.79 Å². The SMILES string of the molecule is CN1CCCC1CN(C)C(CN)CC(N)=O. The summed E-state index contributed by atoms with van der Waals surface area (Å²) in [7, 11) is 4.17. The van der Waals surface area contributed by atoms with Crippen LogP contribution in [0.5, 0.6) is 0 Å². The van der Waals surface area contributed by atoms with E-state index in [1.165, 1.54) is 19.4 Å². The number of hydrogen-bond acceptors (Lipinski definition) is 4. The Balaban J connectivity index is 2.42. The Kier molecular flexibility index (Phi) is 5.18. The van der Waals surface area contributed by atoms with E-state index in [0.29, 0.717) is 19.0 Å². The predicted octanol–water partition coefficient (Wildman–Crippen LogP) is -0.785. The predicted molar refractivity (Wildman–Crippen MR) is 64.9 cm³/mol. The number of likely N-dealkylation sites (N-methyl/N-ethyl adjacent to an activating group) is 2. The standard InChI is InChI=1S/C11H24N4O/c1-14-5-3-4-9(14)8-15(2)10(7-12)6-11(13)16/h9-10H,3-8,12H2,1-2H3,(H2,13,16). The maximum Gasteiger partial charge on any atom is 0.219 e. The van der Waals surface area contributed by atoms with Gasteiger partial charge in [0.15, 0.2) is 0 Å². The highest BCUT2D eigenvalue weighted by Gasteiger charge is 2.25. The molecule has 1 rings (SSSR count). The normalized spacial score (nSPS) is 23.9. The van der Waals surface area contributed by atoms with Crippen LogP contribution in [-0.4, -0.2) is 61.5 Å². The third kappa shape index (κ3) is 3.73. The lowest BCUT2D eigenvalue weighted by atomic mass is 10.1. The number of hydrogen-bond donors (Lipinski definition) is 2. The van der Waals surface area contributed by atoms with Crippen molar-refractivity contribution >= 4 is 5.91 Å². The molecule has 1 aliphatic rings. The van der Waals surface area contributed by atoms with Crippen LogP contribution in [0.15, 0.2) is 0 Å². The third-order valence-electron chi connectivity index (χ3n) is 3.50. The summed E-state index contributed by atoms with van der Waals surface area (Å²) in [4.78, 5) is 15.4. The van der Waals surface area contributed by atoms with Gasteiger partial charge >= 0.3 is 0 Å². The molecule has 5 heteroatoms. The van der Waals surface area contributed by atoms with E-state index in [2.05, 4.69) is 16.8 Å². The van der Waals surface area contributed by atoms with Gasteiger partial charge in [0.25, 0.3) is 0 Å². The van der Waals surface area contributed by atoms with Crippen molar-refractivity contribution in [2.75, 3.05) is 33.7 Å². The Hall–Kier alpha value is -0.650. The molecule has 4 N–H and O–H groups in total. The molecule has 16 heavy (non-hydrogen) atoms. The summed E-state index contributed by atoms with van der Waals surface area (Å²) in [5, 5.41) is 0. The first kappa shape index (κ1) is 13.4. The van der Waals surface area contributed by atoms with Crippen LogP contribution >= 0.6 is 0 Å². The number of primary amides is 1. The Morgan fingerprint density at radius 1 is 1.62 bits per heavy atom. The summed E-state index contributed by atoms with van der Waals surface area (Å²) in [6.45, 7) is 2.61. The zero-order chi connectivity index (χ0) is 12.1. The van der Waals surface area contributed by atoms with Crippen molar-refractivity contribution in [3.05, 3.63) is 0 Å². The first-order chi connectivity index (χ1) is 7.54. The van der Waals surface area contributed by atoms with Gasteiger partial charge in [-0.3, -0.25) is 4.79 Å². The summed E-state index contributed by atoms with van der Waals surface area (Å²) in [5.41, 5.74) is 10.9. The van der Waals surface area contributed by atoms with Gasteiger partial charge in [0, 0.05) is 31.6 Å². The van der Waals surface area contributed by atoms with Crippen LogP contribution in [0.4, 0.5) is 0 Å². The fraction of sp³-hybridized carbons (Fsp3) is 0.909. The van der Waals surface area contributed by atoms with E-state index in [0.717, 1.165) is 6.54 Å². The van der Waals surface area contributed by atoms with Gasteiger partial charge < -0.3 is 21.3 Å². The molecule has 1 aliphatic heterocycles. The lowest BCUT2D eigenvalue weighted by Gasteiger charge is -2.31. The number of carbonyl (C=O) groups is 1. The molecular formula is C11H24N4O. The van der Waals surface area contributed by atoms with E-state index >= 15 is 0 Å². The third-order valence-corrected chi connectivity index (χ3v) is 3.50. The molecule has 2 atom stereocenters. The number of amides is 1. The number of carbonyl (C=O) groups excluding carboxylic acids is 1. The van der Waals surface area contributed by atoms with Crippen LogP contribution < -0.4 is 11.5 Å². The summed E-state index contributed by atoms with van der Waals surface area (Å²) >= 11 is 0. The molecule has 1 heterocycles. The minimum absolute atomic E-state index is 0.0755. The highest BCUT2D eigenvalue weighted by molar-refractivity contribution is 5.74. The fourth-order valence-electron chi connectivity index (χ4n) is 2.34. The van der Waals surface area contributed by atoms with E-state index in [-0.39, 0.29) is 11.9 Å². The van der Waals surface area contributed by atoms with Crippen LogP contribution in [0.1, 0.15) is 19.3 Å². The Morgan fingerprint density at radius 2 is 2.31 bits per heavy atom. The topological polar surface area (TPSA) is 75.6 Å². The fourth-order valence-corrected chi connectivity index (χ4v) is 2.34. The summed E-state index contributed by atoms with van der Waals surface area (Å²) in [5.74, 6) is -0.276. The summed E-state index contributed by atoms with van der Waals surface area (Å²) in [6, 6.07) is 0.665. The molecule has 0 bridgehead atoms. The van der Waals surface area contributed by atoms with Crippen LogP contribution in [0, 0.1) is 0 Å². The van der Waals surface area contributed by atoms with Crippen LogP contribution in [0.25, 0.3) is 0 Å². The highest BCUT2D eigenvalue weighted by atomic mass is 16.1. The molecule has 0 aromatic heterocycles. The quantitative estimate of drug-likeness (QED) is 0.625. The van der Waals surface area contributed by atoms with Crippen LogP contribution in [0.2, 0.25) is 0 Å². The van der Waals surface area contributed by atoms with E-state index in [4.69, 9.17) is 11.5 Å². The van der Waals surface area contributed by atoms with Crippen molar-refractivity contribution < 1.29 is 4.79 Å². The zero-order valence-corrected chi connectivity index (χ0v) is 10.4. The molecule has 94 valence electrons. The van der Waals surface area contributed by atoms with E-state index in [1.807, 2.05) is 7.05 Å². The molecule has 0 radical (unpaired) electrons. The summed E-state index contributed by atoms with van der Waals surface area (Å²) in [6.07, 6.45) is 2.84. The van der Waals surface area contributed by atoms with Gasteiger partial charge in [-0.15, -0.1) is 0 Å². The minimum atomic E-state index is -0.276. The average Bonchev–Trinajstić information content (AvgIpc) is 2.60. The first-order valence-corrected chi connectivity index (χ1v) is 5.93. The summed E-state index contributed by atoms with van der Waals surface area (Å²) < 4.78 is 0. The van der Waals surface area contributed by atoms with Crippen LogP contribution in [0.3, 0.4) is 0 Å². The molecule has 1 fully saturated rings. The van der Waals surface area contributed by atoms with Gasteiger partial charge in [-0.2, -0.15) is 0 Å². The lowest BCUT2D eigenvalue weighted by molar-refractivity contribution is -0.119. The lowest BCUT2D eigenvalue weighted by Crippen LogP contribution is -2.46. The second-order valence-electron chi connectivity index (χ2n) is 4.78. The van der Waals surface area contributed by atoms with Crippen molar-refractivity contribution in [3.63, 3.8) is 0 Å². The molecule has 5 nitrogen and oxygen atoms in total. The molecular weight excluding hydrogens is 204 g/mol. The van der Waals surface area contributed by atoms with Gasteiger partial charge in [-0.05, 0) is 33.5 Å². The van der Waals surface area contributed by atoms with Crippen molar-refractivity contribution in [2.24, 2.45) is 11.5 Å². The van der Waals surface area contributed by atoms with Gasteiger partial charge in [-0.25, -0.2) is 0 Å². The van der Waals surface area contributed by atoms with Crippen molar-refractivity contribution in [1.82, 2.24) is 9.80 Å². The van der Waals surface area contributed by atoms with Gasteiger partial charge in [0.1, 0.15) is 0 Å². The smallest absolute Gasteiger partial charge is 0.219 e. The molecule has 2 unspecified atom stereocenters. The van der Waals surface area contributed by atoms with E-state index in [9.17, 15) is 4.79 Å². The molecule has 1 amide bonds. The Morgan fingerprint density at radius 3 is 2.75 bits per heavy atom. The molecule has 0 aliphatic carbocycles. The average molecular weight is 228 g/mol. The maximum absolute atomic E-state index is 10.9. The van der Waals surface area contributed by atoms with Crippen molar-refractivity contribution in [1.29, 1.82) is 0 Å². The number of likely N-dealkylation sites (tertiary alicyclic amines) is 1. The van der Waals surface area contributed by atoms with Gasteiger partial charge in [0.05, 0.1) is 0 Å². The number of rotatable bonds is 6. The van der Waals surface area contributed by atoms with E-state index < -0.39 is 0 Å². The Labute approximate surface area is 97.7 Å². The molecule has 0 aromatic rings. The second-order valence-corrected chi connectivity index (χ2v) is 4.78. The monoisotopic (exact) mass is 228 g/mol. The minimum Gasteiger partial charge on any atom is -0.370 e. The molecule has 0 saturated carbocycles. The zero-order valence-electron chi connectivity index (χ0n) is 10.4. The Bertz CT molecular complexity index is 234. The largest absolute Gasteiger partial charge is 0.370 e.